The van der Waals surface area contributed by atoms with E-state index in [1.165, 1.54) is 17.8 Å². The van der Waals surface area contributed by atoms with Crippen molar-refractivity contribution < 1.29 is 4.79 Å². The molecule has 1 unspecified atom stereocenters. The van der Waals surface area contributed by atoms with Crippen LogP contribution in [0.3, 0.4) is 0 Å². The van der Waals surface area contributed by atoms with Gasteiger partial charge >= 0.3 is 0 Å². The molecule has 1 saturated heterocycles. The highest BCUT2D eigenvalue weighted by Gasteiger charge is 2.24. The number of carbonyl (C=O) groups is 1. The summed E-state index contributed by atoms with van der Waals surface area (Å²) < 4.78 is 0. The first-order valence-electron chi connectivity index (χ1n) is 6.28. The van der Waals surface area contributed by atoms with Gasteiger partial charge in [-0.15, -0.1) is 11.3 Å². The number of amides is 1. The summed E-state index contributed by atoms with van der Waals surface area (Å²) in [5.41, 5.74) is 6.18. The number of nitrogens with two attached hydrogens (primary N) is 1. The summed E-state index contributed by atoms with van der Waals surface area (Å²) in [6.45, 7) is 4.25. The summed E-state index contributed by atoms with van der Waals surface area (Å²) in [4.78, 5) is 15.1. The lowest BCUT2D eigenvalue weighted by molar-refractivity contribution is 0.0688. The predicted octanol–water partition coefficient (Wildman–Crippen LogP) is 1.93. The van der Waals surface area contributed by atoms with Gasteiger partial charge in [-0.25, -0.2) is 0 Å². The maximum absolute atomic E-state index is 12.4. The first-order chi connectivity index (χ1) is 8.72. The Labute approximate surface area is 112 Å². The van der Waals surface area contributed by atoms with E-state index in [2.05, 4.69) is 18.8 Å². The Bertz CT molecular complexity index is 483. The van der Waals surface area contributed by atoms with E-state index in [-0.39, 0.29) is 5.91 Å². The average Bonchev–Trinajstić information content (AvgIpc) is 2.83. The van der Waals surface area contributed by atoms with Gasteiger partial charge in [-0.1, -0.05) is 18.8 Å². The zero-order valence-corrected chi connectivity index (χ0v) is 11.4. The minimum atomic E-state index is 0.123. The van der Waals surface area contributed by atoms with Gasteiger partial charge in [0.1, 0.15) is 4.88 Å². The number of nitrogens with zero attached hydrogens (tertiary/aromatic N) is 1. The van der Waals surface area contributed by atoms with Gasteiger partial charge in [0.2, 0.25) is 0 Å². The Morgan fingerprint density at radius 2 is 2.50 bits per heavy atom. The van der Waals surface area contributed by atoms with E-state index in [9.17, 15) is 4.79 Å². The first-order valence-corrected chi connectivity index (χ1v) is 7.16. The third-order valence-corrected chi connectivity index (χ3v) is 4.03. The molecule has 1 aliphatic heterocycles. The summed E-state index contributed by atoms with van der Waals surface area (Å²) >= 11 is 1.47. The van der Waals surface area contributed by atoms with Crippen LogP contribution in [-0.2, 0) is 0 Å². The summed E-state index contributed by atoms with van der Waals surface area (Å²) in [6.07, 6.45) is 2.32. The van der Waals surface area contributed by atoms with Gasteiger partial charge in [-0.05, 0) is 30.2 Å². The molecular weight excluding hydrogens is 244 g/mol. The highest BCUT2D eigenvalue weighted by molar-refractivity contribution is 7.12. The van der Waals surface area contributed by atoms with Crippen LogP contribution in [0, 0.1) is 17.8 Å². The fraction of sp³-hybridized carbons (Fsp3) is 0.500. The van der Waals surface area contributed by atoms with Crippen LogP contribution in [0.1, 0.15) is 35.0 Å². The molecule has 0 spiro atoms. The lowest BCUT2D eigenvalue weighted by Gasteiger charge is -2.30. The third-order valence-electron chi connectivity index (χ3n) is 3.13. The van der Waals surface area contributed by atoms with E-state index >= 15 is 0 Å². The molecule has 0 aromatic carbocycles. The van der Waals surface area contributed by atoms with Crippen molar-refractivity contribution in [2.24, 2.45) is 11.7 Å². The SMILES string of the molecule is CC1CCCN(C(=O)c2sccc2C#CCN)C1. The molecule has 2 rings (SSSR count). The quantitative estimate of drug-likeness (QED) is 0.786. The zero-order valence-electron chi connectivity index (χ0n) is 10.6. The molecule has 1 aliphatic rings. The lowest BCUT2D eigenvalue weighted by Crippen LogP contribution is -2.39. The number of carbonyl (C=O) groups excluding carboxylic acids is 1. The van der Waals surface area contributed by atoms with Gasteiger partial charge in [0.25, 0.3) is 5.91 Å². The van der Waals surface area contributed by atoms with Crippen LogP contribution in [0.15, 0.2) is 11.4 Å². The van der Waals surface area contributed by atoms with Crippen LogP contribution in [0.2, 0.25) is 0 Å². The first kappa shape index (κ1) is 13.1. The molecule has 0 radical (unpaired) electrons. The molecule has 1 aromatic heterocycles. The number of likely N-dealkylation sites (tertiary alicyclic amines) is 1. The Kier molecular flexibility index (Phi) is 4.40. The maximum Gasteiger partial charge on any atom is 0.265 e. The van der Waals surface area contributed by atoms with Crippen LogP contribution in [0.5, 0.6) is 0 Å². The van der Waals surface area contributed by atoms with Crippen molar-refractivity contribution in [1.82, 2.24) is 4.90 Å². The lowest BCUT2D eigenvalue weighted by atomic mass is 10.00. The molecular formula is C14H18N2OS. The summed E-state index contributed by atoms with van der Waals surface area (Å²) in [7, 11) is 0. The summed E-state index contributed by atoms with van der Waals surface area (Å²) in [5.74, 6) is 6.50. The van der Waals surface area contributed by atoms with Crippen molar-refractivity contribution >= 4 is 17.2 Å². The highest BCUT2D eigenvalue weighted by atomic mass is 32.1. The molecule has 1 amide bonds. The van der Waals surface area contributed by atoms with Gasteiger partial charge in [0, 0.05) is 18.7 Å². The number of thiophene rings is 1. The summed E-state index contributed by atoms with van der Waals surface area (Å²) in [5, 5.41) is 1.92. The molecule has 1 fully saturated rings. The van der Waals surface area contributed by atoms with E-state index in [0.717, 1.165) is 30.0 Å². The van der Waals surface area contributed by atoms with Crippen molar-refractivity contribution in [3.8, 4) is 11.8 Å². The molecule has 18 heavy (non-hydrogen) atoms. The second kappa shape index (κ2) is 6.03. The predicted molar refractivity (Wildman–Crippen MR) is 74.6 cm³/mol. The molecule has 96 valence electrons. The van der Waals surface area contributed by atoms with Gasteiger partial charge in [0.15, 0.2) is 0 Å². The van der Waals surface area contributed by atoms with Gasteiger partial charge in [-0.3, -0.25) is 4.79 Å². The second-order valence-electron chi connectivity index (χ2n) is 4.67. The molecule has 2 N–H and O–H groups in total. The number of hydrogen-bond acceptors (Lipinski definition) is 3. The van der Waals surface area contributed by atoms with Crippen LogP contribution in [0.25, 0.3) is 0 Å². The van der Waals surface area contributed by atoms with Gasteiger partial charge < -0.3 is 10.6 Å². The standard InChI is InChI=1S/C14H18N2OS/c1-11-4-3-8-16(10-11)14(17)13-12(5-2-7-15)6-9-18-13/h6,9,11H,3-4,7-8,10,15H2,1H3. The van der Waals surface area contributed by atoms with E-state index in [0.29, 0.717) is 12.5 Å². The summed E-state index contributed by atoms with van der Waals surface area (Å²) in [6, 6.07) is 1.90. The topological polar surface area (TPSA) is 46.3 Å². The van der Waals surface area contributed by atoms with Crippen LogP contribution in [-0.4, -0.2) is 30.4 Å². The fourth-order valence-electron chi connectivity index (χ4n) is 2.24. The number of hydrogen-bond donors (Lipinski definition) is 1. The van der Waals surface area contributed by atoms with Crippen LogP contribution in [0.4, 0.5) is 0 Å². The molecule has 0 aliphatic carbocycles. The van der Waals surface area contributed by atoms with E-state index < -0.39 is 0 Å². The van der Waals surface area contributed by atoms with E-state index in [1.54, 1.807) is 0 Å². The largest absolute Gasteiger partial charge is 0.338 e. The van der Waals surface area contributed by atoms with Gasteiger partial charge in [0.05, 0.1) is 6.54 Å². The van der Waals surface area contributed by atoms with Gasteiger partial charge in [-0.2, -0.15) is 0 Å². The zero-order chi connectivity index (χ0) is 13.0. The molecule has 2 heterocycles. The number of piperidine rings is 1. The second-order valence-corrected chi connectivity index (χ2v) is 5.58. The Morgan fingerprint density at radius 3 is 3.22 bits per heavy atom. The van der Waals surface area contributed by atoms with E-state index in [1.807, 2.05) is 16.3 Å². The van der Waals surface area contributed by atoms with Crippen molar-refractivity contribution in [2.75, 3.05) is 19.6 Å². The monoisotopic (exact) mass is 262 g/mol. The van der Waals surface area contributed by atoms with Crippen LogP contribution >= 0.6 is 11.3 Å². The minimum Gasteiger partial charge on any atom is -0.338 e. The van der Waals surface area contributed by atoms with Crippen molar-refractivity contribution in [1.29, 1.82) is 0 Å². The maximum atomic E-state index is 12.4. The average molecular weight is 262 g/mol. The van der Waals surface area contributed by atoms with E-state index in [4.69, 9.17) is 5.73 Å². The molecule has 3 nitrogen and oxygen atoms in total. The van der Waals surface area contributed by atoms with Crippen molar-refractivity contribution in [3.05, 3.63) is 21.9 Å². The highest BCUT2D eigenvalue weighted by Crippen LogP contribution is 2.22. The Hall–Kier alpha value is -1.31. The van der Waals surface area contributed by atoms with Crippen LogP contribution < -0.4 is 5.73 Å². The number of rotatable bonds is 1. The molecule has 0 bridgehead atoms. The minimum absolute atomic E-state index is 0.123. The van der Waals surface area contributed by atoms with Crippen molar-refractivity contribution in [3.63, 3.8) is 0 Å². The molecule has 1 atom stereocenters. The molecule has 0 saturated carbocycles. The van der Waals surface area contributed by atoms with Crippen molar-refractivity contribution in [2.45, 2.75) is 19.8 Å². The third kappa shape index (κ3) is 2.92. The smallest absolute Gasteiger partial charge is 0.265 e. The fourth-order valence-corrected chi connectivity index (χ4v) is 3.05. The molecule has 1 aromatic rings. The Balaban J connectivity index is 2.15. The Morgan fingerprint density at radius 1 is 1.67 bits per heavy atom. The molecule has 4 heteroatoms. The normalized spacial score (nSPS) is 19.2.